The monoisotopic (exact) mass is 467 g/mol. The highest BCUT2D eigenvalue weighted by molar-refractivity contribution is 5.97. The third kappa shape index (κ3) is 6.09. The number of aliphatic carboxylic acids is 1. The van der Waals surface area contributed by atoms with Gasteiger partial charge in [-0.2, -0.15) is 0 Å². The maximum absolute atomic E-state index is 13.0. The molecule has 1 aromatic heterocycles. The number of aryl methyl sites for hydroxylation is 2. The molecule has 6 heteroatoms. The quantitative estimate of drug-likeness (QED) is 0.299. The van der Waals surface area contributed by atoms with Crippen LogP contribution in [0.5, 0.6) is 0 Å². The molecule has 4 aromatic rings. The molecule has 1 heterocycles. The lowest BCUT2D eigenvalue weighted by Gasteiger charge is -2.15. The van der Waals surface area contributed by atoms with Crippen LogP contribution in [0.4, 0.5) is 0 Å². The zero-order valence-electron chi connectivity index (χ0n) is 20.0. The number of aromatic nitrogens is 2. The first-order chi connectivity index (χ1) is 16.9. The third-order valence-electron chi connectivity index (χ3n) is 6.03. The molecule has 1 atom stereocenters. The van der Waals surface area contributed by atoms with Gasteiger partial charge >= 0.3 is 5.97 Å². The van der Waals surface area contributed by atoms with Crippen molar-refractivity contribution in [2.24, 2.45) is 0 Å². The van der Waals surface area contributed by atoms with E-state index >= 15 is 0 Å². The van der Waals surface area contributed by atoms with Crippen LogP contribution in [0, 0.1) is 6.92 Å². The van der Waals surface area contributed by atoms with Crippen molar-refractivity contribution in [3.63, 3.8) is 0 Å². The van der Waals surface area contributed by atoms with Crippen LogP contribution in [0.3, 0.4) is 0 Å². The van der Waals surface area contributed by atoms with Gasteiger partial charge < -0.3 is 10.4 Å². The van der Waals surface area contributed by atoms with Gasteiger partial charge in [0.2, 0.25) is 0 Å². The van der Waals surface area contributed by atoms with Crippen LogP contribution in [0.1, 0.15) is 59.4 Å². The molecule has 3 aromatic carbocycles. The first-order valence-electron chi connectivity index (χ1n) is 11.9. The lowest BCUT2D eigenvalue weighted by molar-refractivity contribution is -0.137. The number of benzene rings is 3. The molecule has 0 saturated carbocycles. The number of carbonyl (C=O) groups is 2. The van der Waals surface area contributed by atoms with Gasteiger partial charge in [-0.3, -0.25) is 9.59 Å². The van der Waals surface area contributed by atoms with E-state index in [0.29, 0.717) is 35.9 Å². The summed E-state index contributed by atoms with van der Waals surface area (Å²) in [4.78, 5) is 33.6. The number of unbranched alkanes of at least 4 members (excludes halogenated alkanes) is 1. The maximum atomic E-state index is 13.0. The number of hydrogen-bond donors (Lipinski definition) is 2. The van der Waals surface area contributed by atoms with Gasteiger partial charge in [0.15, 0.2) is 0 Å². The largest absolute Gasteiger partial charge is 0.481 e. The molecule has 0 unspecified atom stereocenters. The van der Waals surface area contributed by atoms with E-state index in [1.54, 1.807) is 12.1 Å². The Balaban J connectivity index is 1.61. The third-order valence-corrected chi connectivity index (χ3v) is 6.03. The molecule has 0 saturated heterocycles. The van der Waals surface area contributed by atoms with Gasteiger partial charge in [0.25, 0.3) is 5.91 Å². The number of fused-ring (bicyclic) bond motifs is 1. The van der Waals surface area contributed by atoms with Crippen LogP contribution in [0.15, 0.2) is 72.8 Å². The maximum Gasteiger partial charge on any atom is 0.303 e. The Kier molecular flexibility index (Phi) is 7.51. The van der Waals surface area contributed by atoms with Gasteiger partial charge in [0.1, 0.15) is 0 Å². The average Bonchev–Trinajstić information content (AvgIpc) is 2.86. The molecular weight excluding hydrogens is 438 g/mol. The molecule has 0 aliphatic carbocycles. The van der Waals surface area contributed by atoms with Crippen molar-refractivity contribution in [1.29, 1.82) is 0 Å². The number of carbonyl (C=O) groups excluding carboxylic acids is 1. The highest BCUT2D eigenvalue weighted by Crippen LogP contribution is 2.25. The zero-order chi connectivity index (χ0) is 24.8. The molecule has 6 nitrogen and oxygen atoms in total. The van der Waals surface area contributed by atoms with E-state index < -0.39 is 5.97 Å². The highest BCUT2D eigenvalue weighted by Gasteiger charge is 2.15. The van der Waals surface area contributed by atoms with Crippen LogP contribution in [-0.2, 0) is 11.2 Å². The van der Waals surface area contributed by atoms with Crippen molar-refractivity contribution in [1.82, 2.24) is 15.3 Å². The van der Waals surface area contributed by atoms with Crippen LogP contribution in [-0.4, -0.2) is 27.0 Å². The van der Waals surface area contributed by atoms with Gasteiger partial charge in [-0.05, 0) is 56.9 Å². The van der Waals surface area contributed by atoms with Crippen molar-refractivity contribution >= 4 is 22.9 Å². The molecule has 0 aliphatic rings. The molecule has 0 fully saturated rings. The normalized spacial score (nSPS) is 11.8. The van der Waals surface area contributed by atoms with Crippen molar-refractivity contribution in [3.05, 3.63) is 95.2 Å². The van der Waals surface area contributed by atoms with Gasteiger partial charge in [-0.25, -0.2) is 9.97 Å². The molecular formula is C29H29N3O3. The Morgan fingerprint density at radius 1 is 0.914 bits per heavy atom. The topological polar surface area (TPSA) is 92.2 Å². The summed E-state index contributed by atoms with van der Waals surface area (Å²) in [6.45, 7) is 4.00. The summed E-state index contributed by atoms with van der Waals surface area (Å²) >= 11 is 0. The molecule has 2 N–H and O–H groups in total. The Morgan fingerprint density at radius 3 is 2.37 bits per heavy atom. The predicted molar refractivity (Wildman–Crippen MR) is 137 cm³/mol. The highest BCUT2D eigenvalue weighted by atomic mass is 16.4. The number of rotatable bonds is 9. The molecule has 0 bridgehead atoms. The summed E-state index contributed by atoms with van der Waals surface area (Å²) < 4.78 is 0. The number of nitrogens with one attached hydrogen (secondary N) is 1. The summed E-state index contributed by atoms with van der Waals surface area (Å²) in [5, 5.41) is 12.0. The van der Waals surface area contributed by atoms with E-state index in [2.05, 4.69) is 5.32 Å². The molecule has 0 aliphatic heterocycles. The van der Waals surface area contributed by atoms with E-state index in [9.17, 15) is 9.59 Å². The Hall–Kier alpha value is -4.06. The Bertz CT molecular complexity index is 1330. The molecule has 4 rings (SSSR count). The summed E-state index contributed by atoms with van der Waals surface area (Å²) in [5.74, 6) is -0.967. The molecule has 1 amide bonds. The van der Waals surface area contributed by atoms with Crippen molar-refractivity contribution in [2.45, 2.75) is 45.6 Å². The number of nitrogens with zero attached hydrogens (tertiary/aromatic N) is 2. The number of hydrogen-bond acceptors (Lipinski definition) is 4. The van der Waals surface area contributed by atoms with Crippen molar-refractivity contribution in [2.75, 3.05) is 0 Å². The van der Waals surface area contributed by atoms with E-state index in [-0.39, 0.29) is 18.4 Å². The minimum absolute atomic E-state index is 0.130. The van der Waals surface area contributed by atoms with E-state index in [0.717, 1.165) is 22.5 Å². The molecule has 35 heavy (non-hydrogen) atoms. The fourth-order valence-electron chi connectivity index (χ4n) is 4.02. The van der Waals surface area contributed by atoms with E-state index in [1.165, 1.54) is 5.56 Å². The zero-order valence-corrected chi connectivity index (χ0v) is 20.0. The van der Waals surface area contributed by atoms with Gasteiger partial charge in [-0.1, -0.05) is 60.2 Å². The van der Waals surface area contributed by atoms with Gasteiger partial charge in [0.05, 0.1) is 28.5 Å². The smallest absolute Gasteiger partial charge is 0.303 e. The second kappa shape index (κ2) is 10.9. The first kappa shape index (κ1) is 24.1. The second-order valence-corrected chi connectivity index (χ2v) is 8.80. The van der Waals surface area contributed by atoms with Crippen LogP contribution in [0.2, 0.25) is 0 Å². The summed E-state index contributed by atoms with van der Waals surface area (Å²) in [6, 6.07) is 23.2. The van der Waals surface area contributed by atoms with E-state index in [4.69, 9.17) is 15.1 Å². The molecule has 0 spiro atoms. The fourth-order valence-corrected chi connectivity index (χ4v) is 4.02. The van der Waals surface area contributed by atoms with Crippen molar-refractivity contribution in [3.8, 4) is 11.3 Å². The predicted octanol–water partition coefficient (Wildman–Crippen LogP) is 5.89. The number of carboxylic acids is 1. The number of carboxylic acid groups (broad SMARTS) is 1. The Morgan fingerprint density at radius 2 is 1.66 bits per heavy atom. The van der Waals surface area contributed by atoms with Gasteiger partial charge in [0, 0.05) is 17.5 Å². The summed E-state index contributed by atoms with van der Waals surface area (Å²) in [5.41, 5.74) is 6.65. The minimum atomic E-state index is -0.798. The van der Waals surface area contributed by atoms with Crippen LogP contribution < -0.4 is 5.32 Å². The van der Waals surface area contributed by atoms with E-state index in [1.807, 2.05) is 74.5 Å². The molecule has 0 radical (unpaired) electrons. The van der Waals surface area contributed by atoms with Crippen LogP contribution in [0.25, 0.3) is 22.3 Å². The minimum Gasteiger partial charge on any atom is -0.481 e. The second-order valence-electron chi connectivity index (χ2n) is 8.80. The lowest BCUT2D eigenvalue weighted by Crippen LogP contribution is -2.26. The first-order valence-corrected chi connectivity index (χ1v) is 11.9. The standard InChI is InChI=1S/C29H29N3O3/c1-19-12-14-21(15-13-19)20(2)30-29(35)23-16-17-24-26(18-23)31-25(10-6-7-11-27(33)34)28(32-24)22-8-4-3-5-9-22/h3-5,8-9,12-18,20H,6-7,10-11H2,1-2H3,(H,30,35)(H,33,34)/t20-/m0/s1. The number of amides is 1. The fraction of sp³-hybridized carbons (Fsp3) is 0.241. The SMILES string of the molecule is Cc1ccc([C@H](C)NC(=O)c2ccc3nc(-c4ccccc4)c(CCCCC(=O)O)nc3c2)cc1. The van der Waals surface area contributed by atoms with Crippen LogP contribution >= 0.6 is 0 Å². The Labute approximate surface area is 205 Å². The average molecular weight is 468 g/mol. The summed E-state index contributed by atoms with van der Waals surface area (Å²) in [6.07, 6.45) is 2.01. The summed E-state index contributed by atoms with van der Waals surface area (Å²) in [7, 11) is 0. The van der Waals surface area contributed by atoms with Gasteiger partial charge in [-0.15, -0.1) is 0 Å². The molecule has 178 valence electrons. The van der Waals surface area contributed by atoms with Crippen molar-refractivity contribution < 1.29 is 14.7 Å². The lowest BCUT2D eigenvalue weighted by atomic mass is 10.0.